The molecule has 1 unspecified atom stereocenters. The molecule has 4 rings (SSSR count). The Morgan fingerprint density at radius 2 is 1.48 bits per heavy atom. The molecule has 0 heterocycles. The van der Waals surface area contributed by atoms with Gasteiger partial charge >= 0.3 is 0 Å². The molecular formula is C34H40Cl3N3O7S. The van der Waals surface area contributed by atoms with E-state index in [9.17, 15) is 18.0 Å². The van der Waals surface area contributed by atoms with E-state index in [0.717, 1.165) is 36.4 Å². The SMILES string of the molecule is CCC(C(=O)NC1CCCCC1)N(Cc1ccc(Cl)cc1Cl)C(=O)CN(c1cc(Cl)ccc1OC)S(=O)(=O)c1ccc(OC)c(OC)c1. The fourth-order valence-corrected chi connectivity index (χ4v) is 7.84. The van der Waals surface area contributed by atoms with Crippen molar-refractivity contribution in [1.29, 1.82) is 0 Å². The second kappa shape index (κ2) is 16.8. The van der Waals surface area contributed by atoms with Crippen LogP contribution in [0.2, 0.25) is 15.1 Å². The quantitative estimate of drug-likeness (QED) is 0.187. The maximum Gasteiger partial charge on any atom is 0.265 e. The summed E-state index contributed by atoms with van der Waals surface area (Å²) >= 11 is 19.1. The Hall–Kier alpha value is -3.38. The van der Waals surface area contributed by atoms with Gasteiger partial charge in [-0.3, -0.25) is 13.9 Å². The van der Waals surface area contributed by atoms with Crippen LogP contribution in [-0.4, -0.2) is 65.1 Å². The summed E-state index contributed by atoms with van der Waals surface area (Å²) in [7, 11) is -0.280. The van der Waals surface area contributed by atoms with Gasteiger partial charge in [-0.2, -0.15) is 0 Å². The lowest BCUT2D eigenvalue weighted by Crippen LogP contribution is -2.54. The third-order valence-electron chi connectivity index (χ3n) is 8.32. The minimum Gasteiger partial charge on any atom is -0.495 e. The van der Waals surface area contributed by atoms with Crippen molar-refractivity contribution in [2.45, 2.75) is 69.0 Å². The molecule has 0 aliphatic heterocycles. The average molecular weight is 741 g/mol. The number of ether oxygens (including phenoxy) is 3. The fourth-order valence-electron chi connectivity index (χ4n) is 5.77. The molecule has 0 aromatic heterocycles. The highest BCUT2D eigenvalue weighted by Crippen LogP contribution is 2.37. The number of nitrogens with one attached hydrogen (secondary N) is 1. The number of rotatable bonds is 14. The Labute approximate surface area is 297 Å². The van der Waals surface area contributed by atoms with E-state index in [1.165, 1.54) is 56.6 Å². The standard InChI is InChI=1S/C34H40Cl3N3O7S/c1-5-28(34(42)38-25-9-7-6-8-10-25)39(20-22-11-12-23(35)17-27(22)37)33(41)21-40(29-18-24(36)13-15-30(29)45-2)48(43,44)26-14-16-31(46-3)32(19-26)47-4/h11-19,25,28H,5-10,20-21H2,1-4H3,(H,38,42). The molecule has 14 heteroatoms. The van der Waals surface area contributed by atoms with Crippen LogP contribution in [0.4, 0.5) is 5.69 Å². The molecule has 1 saturated carbocycles. The molecule has 260 valence electrons. The zero-order valence-electron chi connectivity index (χ0n) is 27.3. The van der Waals surface area contributed by atoms with E-state index < -0.39 is 28.5 Å². The topological polar surface area (TPSA) is 114 Å². The molecule has 48 heavy (non-hydrogen) atoms. The number of hydrogen-bond donors (Lipinski definition) is 1. The third kappa shape index (κ3) is 8.80. The molecule has 0 saturated heterocycles. The molecule has 1 aliphatic rings. The third-order valence-corrected chi connectivity index (χ3v) is 10.9. The Bertz CT molecular complexity index is 1720. The molecule has 10 nitrogen and oxygen atoms in total. The molecule has 2 amide bonds. The van der Waals surface area contributed by atoms with Crippen molar-refractivity contribution in [2.24, 2.45) is 0 Å². The van der Waals surface area contributed by atoms with Crippen LogP contribution in [0, 0.1) is 0 Å². The van der Waals surface area contributed by atoms with Gasteiger partial charge in [0.1, 0.15) is 18.3 Å². The van der Waals surface area contributed by atoms with Gasteiger partial charge in [-0.05, 0) is 67.3 Å². The van der Waals surface area contributed by atoms with Crippen LogP contribution < -0.4 is 23.8 Å². The molecule has 1 fully saturated rings. The number of nitrogens with zero attached hydrogens (tertiary/aromatic N) is 2. The highest BCUT2D eigenvalue weighted by Gasteiger charge is 2.36. The van der Waals surface area contributed by atoms with Gasteiger partial charge < -0.3 is 24.4 Å². The molecule has 0 bridgehead atoms. The van der Waals surface area contributed by atoms with Gasteiger partial charge in [-0.15, -0.1) is 0 Å². The number of anilines is 1. The van der Waals surface area contributed by atoms with Crippen LogP contribution >= 0.6 is 34.8 Å². The summed E-state index contributed by atoms with van der Waals surface area (Å²) in [6, 6.07) is 12.5. The van der Waals surface area contributed by atoms with Crippen molar-refractivity contribution in [3.05, 3.63) is 75.2 Å². The van der Waals surface area contributed by atoms with Gasteiger partial charge in [0.2, 0.25) is 11.8 Å². The van der Waals surface area contributed by atoms with E-state index in [2.05, 4.69) is 5.32 Å². The van der Waals surface area contributed by atoms with Crippen molar-refractivity contribution in [3.8, 4) is 17.2 Å². The minimum atomic E-state index is -4.48. The van der Waals surface area contributed by atoms with Crippen LogP contribution in [0.15, 0.2) is 59.5 Å². The zero-order chi connectivity index (χ0) is 35.0. The largest absolute Gasteiger partial charge is 0.495 e. The van der Waals surface area contributed by atoms with Gasteiger partial charge in [0, 0.05) is 33.7 Å². The molecule has 0 spiro atoms. The highest BCUT2D eigenvalue weighted by molar-refractivity contribution is 7.92. The summed E-state index contributed by atoms with van der Waals surface area (Å²) in [4.78, 5) is 29.5. The highest BCUT2D eigenvalue weighted by atomic mass is 35.5. The summed E-state index contributed by atoms with van der Waals surface area (Å²) in [6.45, 7) is 1.02. The lowest BCUT2D eigenvalue weighted by Gasteiger charge is -2.35. The van der Waals surface area contributed by atoms with E-state index in [0.29, 0.717) is 21.4 Å². The number of methoxy groups -OCH3 is 3. The smallest absolute Gasteiger partial charge is 0.265 e. The van der Waals surface area contributed by atoms with Gasteiger partial charge in [0.05, 0.1) is 31.9 Å². The Kier molecular flexibility index (Phi) is 13.1. The van der Waals surface area contributed by atoms with Crippen LogP contribution in [0.1, 0.15) is 51.0 Å². The van der Waals surface area contributed by atoms with Crippen LogP contribution in [0.25, 0.3) is 0 Å². The van der Waals surface area contributed by atoms with Crippen molar-refractivity contribution in [2.75, 3.05) is 32.2 Å². The number of carbonyl (C=O) groups is 2. The average Bonchev–Trinajstić information content (AvgIpc) is 3.07. The van der Waals surface area contributed by atoms with E-state index in [1.807, 2.05) is 0 Å². The molecule has 3 aromatic rings. The van der Waals surface area contributed by atoms with E-state index in [4.69, 9.17) is 49.0 Å². The molecular weight excluding hydrogens is 701 g/mol. The van der Waals surface area contributed by atoms with Crippen LogP contribution in [0.3, 0.4) is 0 Å². The second-order valence-electron chi connectivity index (χ2n) is 11.4. The normalized spacial score (nSPS) is 14.1. The predicted octanol–water partition coefficient (Wildman–Crippen LogP) is 7.12. The lowest BCUT2D eigenvalue weighted by atomic mass is 9.95. The summed E-state index contributed by atoms with van der Waals surface area (Å²) in [5.74, 6) is -0.326. The van der Waals surface area contributed by atoms with Gasteiger partial charge in [-0.1, -0.05) is 67.1 Å². The number of sulfonamides is 1. The van der Waals surface area contributed by atoms with Gasteiger partial charge in [0.15, 0.2) is 11.5 Å². The maximum atomic E-state index is 14.5. The van der Waals surface area contributed by atoms with Crippen LogP contribution in [0.5, 0.6) is 17.2 Å². The molecule has 1 atom stereocenters. The van der Waals surface area contributed by atoms with E-state index >= 15 is 0 Å². The summed E-state index contributed by atoms with van der Waals surface area (Å²) < 4.78 is 46.0. The summed E-state index contributed by atoms with van der Waals surface area (Å²) in [5.41, 5.74) is 0.560. The number of amides is 2. The molecule has 0 radical (unpaired) electrons. The van der Waals surface area contributed by atoms with Crippen molar-refractivity contribution in [3.63, 3.8) is 0 Å². The zero-order valence-corrected chi connectivity index (χ0v) is 30.4. The van der Waals surface area contributed by atoms with Crippen molar-refractivity contribution >= 4 is 62.3 Å². The first-order chi connectivity index (χ1) is 22.9. The fraction of sp³-hybridized carbons (Fsp3) is 0.412. The predicted molar refractivity (Wildman–Crippen MR) is 188 cm³/mol. The summed E-state index contributed by atoms with van der Waals surface area (Å²) in [5, 5.41) is 4.05. The van der Waals surface area contributed by atoms with Crippen LogP contribution in [-0.2, 0) is 26.2 Å². The molecule has 3 aromatic carbocycles. The first-order valence-corrected chi connectivity index (χ1v) is 18.1. The van der Waals surface area contributed by atoms with Crippen molar-refractivity contribution in [1.82, 2.24) is 10.2 Å². The Balaban J connectivity index is 1.81. The summed E-state index contributed by atoms with van der Waals surface area (Å²) in [6.07, 6.45) is 5.10. The number of benzene rings is 3. The van der Waals surface area contributed by atoms with Crippen molar-refractivity contribution < 1.29 is 32.2 Å². The van der Waals surface area contributed by atoms with Gasteiger partial charge in [-0.25, -0.2) is 8.42 Å². The number of hydrogen-bond acceptors (Lipinski definition) is 7. The van der Waals surface area contributed by atoms with E-state index in [1.54, 1.807) is 31.2 Å². The van der Waals surface area contributed by atoms with Gasteiger partial charge in [0.25, 0.3) is 10.0 Å². The number of carbonyl (C=O) groups excluding carboxylic acids is 2. The second-order valence-corrected chi connectivity index (χ2v) is 14.5. The monoisotopic (exact) mass is 739 g/mol. The Morgan fingerprint density at radius 1 is 0.854 bits per heavy atom. The minimum absolute atomic E-state index is 0.00553. The number of halogens is 3. The first-order valence-electron chi connectivity index (χ1n) is 15.6. The first kappa shape index (κ1) is 37.4. The molecule has 1 N–H and O–H groups in total. The Morgan fingerprint density at radius 3 is 2.10 bits per heavy atom. The maximum absolute atomic E-state index is 14.5. The van der Waals surface area contributed by atoms with E-state index in [-0.39, 0.29) is 52.0 Å². The molecule has 1 aliphatic carbocycles. The lowest BCUT2D eigenvalue weighted by molar-refractivity contribution is -0.140.